The van der Waals surface area contributed by atoms with E-state index in [9.17, 15) is 14.2 Å². The summed E-state index contributed by atoms with van der Waals surface area (Å²) in [6.07, 6.45) is 4.00. The summed E-state index contributed by atoms with van der Waals surface area (Å²) in [6.45, 7) is 4.32. The Bertz CT molecular complexity index is 944. The predicted molar refractivity (Wildman–Crippen MR) is 133 cm³/mol. The van der Waals surface area contributed by atoms with Crippen LogP contribution in [0.15, 0.2) is 12.1 Å². The standard InChI is InChI=1S/C23H35N2O8PS/c1-14(2)9-15(26)7-5-6-8-21-22-18(13-35-21)25(23(27)24-22)12-17-19(31-3)10-16(11-20(17)32-4)33-34(28,29)30/h10-11,14,18,21-22H,5-9,12-13H2,1-4H3,(H,24,27)(H2,28,29,30)/t18-,21-,22-/m0/s1. The van der Waals surface area contributed by atoms with E-state index in [2.05, 4.69) is 23.7 Å². The molecule has 0 aliphatic carbocycles. The molecule has 0 radical (unpaired) electrons. The van der Waals surface area contributed by atoms with Crippen molar-refractivity contribution in [3.05, 3.63) is 17.7 Å². The van der Waals surface area contributed by atoms with Crippen LogP contribution in [0.2, 0.25) is 0 Å². The van der Waals surface area contributed by atoms with Crippen molar-refractivity contribution in [3.63, 3.8) is 0 Å². The summed E-state index contributed by atoms with van der Waals surface area (Å²) in [4.78, 5) is 44.8. The highest BCUT2D eigenvalue weighted by molar-refractivity contribution is 8.00. The van der Waals surface area contributed by atoms with Gasteiger partial charge in [-0.2, -0.15) is 11.8 Å². The molecule has 3 rings (SSSR count). The number of unbranched alkanes of at least 4 members (excludes halogenated alkanes) is 1. The molecule has 196 valence electrons. The van der Waals surface area contributed by atoms with Crippen molar-refractivity contribution in [2.24, 2.45) is 5.92 Å². The van der Waals surface area contributed by atoms with Gasteiger partial charge in [0.25, 0.3) is 0 Å². The van der Waals surface area contributed by atoms with Crippen LogP contribution in [-0.4, -0.2) is 63.8 Å². The quantitative estimate of drug-likeness (QED) is 0.198. The summed E-state index contributed by atoms with van der Waals surface area (Å²) in [5, 5.41) is 3.41. The van der Waals surface area contributed by atoms with E-state index in [-0.39, 0.29) is 35.7 Å². The Morgan fingerprint density at radius 1 is 1.23 bits per heavy atom. The minimum absolute atomic E-state index is 0.000475. The van der Waals surface area contributed by atoms with Gasteiger partial charge in [0.1, 0.15) is 23.0 Å². The van der Waals surface area contributed by atoms with Crippen molar-refractivity contribution < 1.29 is 37.9 Å². The number of Topliss-reactive ketones (excluding diaryl/α,β-unsaturated/α-hetero) is 1. The number of hydrogen-bond acceptors (Lipinski definition) is 7. The molecule has 10 nitrogen and oxygen atoms in total. The van der Waals surface area contributed by atoms with Crippen LogP contribution in [0.5, 0.6) is 17.2 Å². The van der Waals surface area contributed by atoms with Crippen LogP contribution in [0.4, 0.5) is 4.79 Å². The van der Waals surface area contributed by atoms with Gasteiger partial charge in [-0.05, 0) is 18.8 Å². The van der Waals surface area contributed by atoms with Crippen LogP contribution in [0.25, 0.3) is 0 Å². The molecule has 0 spiro atoms. The summed E-state index contributed by atoms with van der Waals surface area (Å²) >= 11 is 1.84. The predicted octanol–water partition coefficient (Wildman–Crippen LogP) is 3.73. The van der Waals surface area contributed by atoms with Crippen molar-refractivity contribution in [1.82, 2.24) is 10.2 Å². The first-order chi connectivity index (χ1) is 16.5. The smallest absolute Gasteiger partial charge is 0.496 e. The van der Waals surface area contributed by atoms with Crippen LogP contribution in [0, 0.1) is 5.92 Å². The number of nitrogens with zero attached hydrogens (tertiary/aromatic N) is 1. The maximum absolute atomic E-state index is 12.9. The van der Waals surface area contributed by atoms with Gasteiger partial charge in [0, 0.05) is 36.0 Å². The summed E-state index contributed by atoms with van der Waals surface area (Å²) in [7, 11) is -1.89. The number of amides is 2. The minimum atomic E-state index is -4.76. The summed E-state index contributed by atoms with van der Waals surface area (Å²) in [6, 6.07) is 2.59. The van der Waals surface area contributed by atoms with Gasteiger partial charge in [0.15, 0.2) is 0 Å². The molecule has 12 heteroatoms. The Balaban J connectivity index is 1.65. The third kappa shape index (κ3) is 7.29. The van der Waals surface area contributed by atoms with Crippen LogP contribution in [-0.2, 0) is 15.9 Å². The van der Waals surface area contributed by atoms with E-state index in [0.717, 1.165) is 25.0 Å². The van der Waals surface area contributed by atoms with Crippen molar-refractivity contribution in [2.75, 3.05) is 20.0 Å². The third-order valence-corrected chi connectivity index (χ3v) is 8.15. The fourth-order valence-corrected chi connectivity index (χ4v) is 6.68. The first-order valence-electron chi connectivity index (χ1n) is 11.7. The lowest BCUT2D eigenvalue weighted by molar-refractivity contribution is -0.119. The molecular weight excluding hydrogens is 495 g/mol. The van der Waals surface area contributed by atoms with E-state index in [0.29, 0.717) is 41.6 Å². The van der Waals surface area contributed by atoms with E-state index in [4.69, 9.17) is 19.3 Å². The maximum Gasteiger partial charge on any atom is 0.524 e. The second kappa shape index (κ2) is 11.9. The molecule has 1 aromatic carbocycles. The fourth-order valence-electron chi connectivity index (χ4n) is 4.68. The normalized spacial score (nSPS) is 21.7. The van der Waals surface area contributed by atoms with Gasteiger partial charge in [-0.3, -0.25) is 14.6 Å². The molecule has 0 aromatic heterocycles. The van der Waals surface area contributed by atoms with Crippen molar-refractivity contribution in [1.29, 1.82) is 0 Å². The van der Waals surface area contributed by atoms with E-state index >= 15 is 0 Å². The van der Waals surface area contributed by atoms with E-state index in [1.54, 1.807) is 4.90 Å². The molecule has 2 saturated heterocycles. The number of nitrogens with one attached hydrogen (secondary N) is 1. The topological polar surface area (TPSA) is 135 Å². The number of fused-ring (bicyclic) bond motifs is 1. The number of ether oxygens (including phenoxy) is 2. The molecule has 2 heterocycles. The Labute approximate surface area is 210 Å². The monoisotopic (exact) mass is 530 g/mol. The second-order valence-corrected chi connectivity index (χ2v) is 11.7. The Morgan fingerprint density at radius 2 is 1.89 bits per heavy atom. The number of benzene rings is 1. The van der Waals surface area contributed by atoms with Gasteiger partial charge in [-0.25, -0.2) is 9.36 Å². The largest absolute Gasteiger partial charge is 0.524 e. The molecule has 3 atom stereocenters. The molecule has 35 heavy (non-hydrogen) atoms. The van der Waals surface area contributed by atoms with Crippen LogP contribution in [0.3, 0.4) is 0 Å². The first kappa shape index (κ1) is 27.6. The van der Waals surface area contributed by atoms with E-state index < -0.39 is 7.82 Å². The lowest BCUT2D eigenvalue weighted by Crippen LogP contribution is -2.38. The minimum Gasteiger partial charge on any atom is -0.496 e. The van der Waals surface area contributed by atoms with Crippen molar-refractivity contribution in [2.45, 2.75) is 69.8 Å². The Hall–Kier alpha value is -1.94. The zero-order chi connectivity index (χ0) is 25.8. The number of phosphoric ester groups is 1. The van der Waals surface area contributed by atoms with Crippen LogP contribution in [0.1, 0.15) is 51.5 Å². The molecule has 2 aliphatic heterocycles. The molecule has 3 N–H and O–H groups in total. The van der Waals surface area contributed by atoms with E-state index in [1.165, 1.54) is 26.4 Å². The number of carbonyl (C=O) groups is 2. The number of phosphoric acid groups is 1. The molecular formula is C23H35N2O8PS. The highest BCUT2D eigenvalue weighted by Crippen LogP contribution is 2.44. The van der Waals surface area contributed by atoms with Crippen LogP contribution < -0.4 is 19.3 Å². The van der Waals surface area contributed by atoms with Gasteiger partial charge in [-0.15, -0.1) is 0 Å². The van der Waals surface area contributed by atoms with Gasteiger partial charge in [0.05, 0.1) is 38.4 Å². The van der Waals surface area contributed by atoms with Crippen LogP contribution >= 0.6 is 19.6 Å². The zero-order valence-corrected chi connectivity index (χ0v) is 22.3. The fraction of sp³-hybridized carbons (Fsp3) is 0.652. The number of carbonyl (C=O) groups excluding carboxylic acids is 2. The summed E-state index contributed by atoms with van der Waals surface area (Å²) < 4.78 is 26.8. The third-order valence-electron chi connectivity index (χ3n) is 6.21. The summed E-state index contributed by atoms with van der Waals surface area (Å²) in [5.74, 6) is 2.01. The highest BCUT2D eigenvalue weighted by atomic mass is 32.2. The molecule has 0 unspecified atom stereocenters. The number of thioether (sulfide) groups is 1. The number of ketones is 1. The van der Waals surface area contributed by atoms with Gasteiger partial charge in [-0.1, -0.05) is 20.3 Å². The Kier molecular flexibility index (Phi) is 9.37. The zero-order valence-electron chi connectivity index (χ0n) is 20.6. The number of hydrogen-bond donors (Lipinski definition) is 3. The molecule has 1 aromatic rings. The molecule has 0 bridgehead atoms. The molecule has 2 aliphatic rings. The average Bonchev–Trinajstić information content (AvgIpc) is 3.29. The second-order valence-electron chi connectivity index (χ2n) is 9.31. The molecule has 2 amide bonds. The molecule has 0 saturated carbocycles. The van der Waals surface area contributed by atoms with Gasteiger partial charge < -0.3 is 24.2 Å². The summed E-state index contributed by atoms with van der Waals surface area (Å²) in [5.41, 5.74) is 0.584. The first-order valence-corrected chi connectivity index (χ1v) is 14.3. The maximum atomic E-state index is 12.9. The number of methoxy groups -OCH3 is 2. The Morgan fingerprint density at radius 3 is 2.46 bits per heavy atom. The van der Waals surface area contributed by atoms with Gasteiger partial charge in [0.2, 0.25) is 0 Å². The lowest BCUT2D eigenvalue weighted by atomic mass is 9.99. The van der Waals surface area contributed by atoms with Crippen molar-refractivity contribution >= 4 is 31.4 Å². The lowest BCUT2D eigenvalue weighted by Gasteiger charge is -2.24. The molecule has 2 fully saturated rings. The van der Waals surface area contributed by atoms with Crippen molar-refractivity contribution in [3.8, 4) is 17.2 Å². The SMILES string of the molecule is COc1cc(OP(=O)(O)O)cc(OC)c1CN1C(=O)N[C@@H]2[C@H](CCCCC(=O)CC(C)C)SC[C@@H]21. The average molecular weight is 531 g/mol. The van der Waals surface area contributed by atoms with Gasteiger partial charge >= 0.3 is 13.9 Å². The number of urea groups is 1. The van der Waals surface area contributed by atoms with E-state index in [1.807, 2.05) is 11.8 Å². The highest BCUT2D eigenvalue weighted by Gasteiger charge is 2.48. The number of rotatable bonds is 13.